The molecule has 29 heteroatoms. The smallest absolute Gasteiger partial charge is 0.315 e. The highest BCUT2D eigenvalue weighted by Crippen LogP contribution is 2.76. The Morgan fingerprint density at radius 2 is 1.13 bits per heavy atom. The van der Waals surface area contributed by atoms with E-state index in [1.165, 1.54) is 0 Å². The third kappa shape index (κ3) is 12.5. The molecule has 0 aromatic heterocycles. The Balaban J connectivity index is 1.02. The number of aliphatic hydroxyl groups excluding tert-OH is 13. The van der Waals surface area contributed by atoms with Crippen molar-refractivity contribution in [1.82, 2.24) is 0 Å². The molecule has 8 fully saturated rings. The summed E-state index contributed by atoms with van der Waals surface area (Å²) < 4.78 is 52.9. The van der Waals surface area contributed by atoms with Crippen molar-refractivity contribution in [2.24, 2.45) is 50.2 Å². The zero-order valence-electron chi connectivity index (χ0n) is 51.2. The molecular weight excluding hydrogens is 1180 g/mol. The quantitative estimate of drug-likeness (QED) is 0.0487. The largest absolute Gasteiger partial charge is 0.481 e. The summed E-state index contributed by atoms with van der Waals surface area (Å²) in [5, 5.41) is 174. The second-order valence-corrected chi connectivity index (χ2v) is 28.8. The van der Waals surface area contributed by atoms with Crippen LogP contribution in [0.4, 0.5) is 0 Å². The zero-order valence-corrected chi connectivity index (χ0v) is 51.2. The summed E-state index contributed by atoms with van der Waals surface area (Å²) >= 11 is 0. The number of aliphatic carboxylic acids is 2. The maximum absolute atomic E-state index is 15.7. The molecule has 0 radical (unpaired) electrons. The highest BCUT2D eigenvalue weighted by molar-refractivity contribution is 5.79. The monoisotopic (exact) mass is 1280 g/mol. The number of rotatable bonds is 18. The van der Waals surface area contributed by atoms with Gasteiger partial charge in [0.15, 0.2) is 18.9 Å². The Kier molecular flexibility index (Phi) is 20.3. The minimum atomic E-state index is -2.17. The van der Waals surface area contributed by atoms with Crippen LogP contribution in [0.1, 0.15) is 126 Å². The van der Waals surface area contributed by atoms with E-state index >= 15 is 4.79 Å². The predicted octanol–water partition coefficient (Wildman–Crippen LogP) is -2.80. The van der Waals surface area contributed by atoms with Crippen molar-refractivity contribution in [3.05, 3.63) is 11.6 Å². The first-order valence-corrected chi connectivity index (χ1v) is 31.0. The average molecular weight is 1280 g/mol. The van der Waals surface area contributed by atoms with E-state index < -0.39 is 225 Å². The van der Waals surface area contributed by atoms with Crippen molar-refractivity contribution < 1.29 is 144 Å². The van der Waals surface area contributed by atoms with Crippen molar-refractivity contribution in [3.63, 3.8) is 0 Å². The molecule has 4 heterocycles. The number of hydrogen-bond donors (Lipinski definition) is 16. The fourth-order valence-corrected chi connectivity index (χ4v) is 17.2. The van der Waals surface area contributed by atoms with Crippen molar-refractivity contribution in [2.45, 2.75) is 260 Å². The Hall–Kier alpha value is -3.22. The van der Waals surface area contributed by atoms with Crippen LogP contribution in [0.3, 0.4) is 0 Å². The fourth-order valence-electron chi connectivity index (χ4n) is 17.2. The third-order valence-corrected chi connectivity index (χ3v) is 22.8. The molecule has 5 aliphatic carbocycles. The molecule has 0 spiro atoms. The molecule has 4 saturated heterocycles. The molecule has 0 aromatic rings. The Bertz CT molecular complexity index is 2580. The van der Waals surface area contributed by atoms with E-state index in [-0.39, 0.29) is 22.7 Å². The normalized spacial score (nSPS) is 49.5. The van der Waals surface area contributed by atoms with Crippen LogP contribution in [0.25, 0.3) is 0 Å². The molecule has 0 bridgehead atoms. The molecule has 30 atom stereocenters. The molecule has 508 valence electrons. The second-order valence-electron chi connectivity index (χ2n) is 28.8. The van der Waals surface area contributed by atoms with Gasteiger partial charge in [-0.25, -0.2) is 0 Å². The van der Waals surface area contributed by atoms with E-state index in [9.17, 15) is 96.1 Å². The van der Waals surface area contributed by atoms with Gasteiger partial charge in [0.25, 0.3) is 0 Å². The van der Waals surface area contributed by atoms with E-state index in [0.29, 0.717) is 64.2 Å². The second kappa shape index (κ2) is 25.8. The summed E-state index contributed by atoms with van der Waals surface area (Å²) in [4.78, 5) is 52.9. The number of carbonyl (C=O) groups is 4. The maximum Gasteiger partial charge on any atom is 0.315 e. The van der Waals surface area contributed by atoms with Crippen molar-refractivity contribution in [3.8, 4) is 0 Å². The number of aliphatic hydroxyl groups is 14. The topological polar surface area (TPSA) is 475 Å². The minimum Gasteiger partial charge on any atom is -0.481 e. The average Bonchev–Trinajstić information content (AvgIpc) is 0.761. The summed E-state index contributed by atoms with van der Waals surface area (Å²) in [7, 11) is 0. The summed E-state index contributed by atoms with van der Waals surface area (Å²) in [5.74, 6) is -5.12. The molecule has 1 unspecified atom stereocenters. The van der Waals surface area contributed by atoms with E-state index in [1.54, 1.807) is 6.92 Å². The van der Waals surface area contributed by atoms with Gasteiger partial charge in [0.05, 0.1) is 55.2 Å². The Morgan fingerprint density at radius 3 is 1.72 bits per heavy atom. The SMILES string of the molecule is CC1(C)CC[C@]2(C(=O)O[C@@H]3O[C@H](CO[C@@H]4O[C@H](COC(=O)CC(C)(O)CC(=O)O)[C@@H](O)[C@H](O)[C@H]4O[C@@H]4O[C@H](CO)[C@@H](O)[C@H](O)[C@H]4O)[C@@H](O)[C@H](O[C@@H]4O[C@H](CO)[C@@H](O)[C@H](O)[C@H]4O)[C@H]3O)CC[C@]3(C)C(=CC[C@@H]4[C@@]5(C)CC[C@H](O)[C@@](C)(C(=O)O)[C@@H]5CC[C@]43C)[C@@H]2C1. The van der Waals surface area contributed by atoms with Crippen LogP contribution in [-0.4, -0.2) is 267 Å². The number of esters is 2. The molecule has 0 amide bonds. The number of carboxylic acid groups (broad SMARTS) is 2. The van der Waals surface area contributed by atoms with Crippen LogP contribution in [0, 0.1) is 50.2 Å². The highest BCUT2D eigenvalue weighted by Gasteiger charge is 2.71. The van der Waals surface area contributed by atoms with Crippen molar-refractivity contribution in [1.29, 1.82) is 0 Å². The van der Waals surface area contributed by atoms with Crippen LogP contribution in [0.15, 0.2) is 11.6 Å². The van der Waals surface area contributed by atoms with Gasteiger partial charge < -0.3 is 124 Å². The third-order valence-electron chi connectivity index (χ3n) is 22.8. The molecule has 16 N–H and O–H groups in total. The number of hydrogen-bond acceptors (Lipinski definition) is 27. The molecule has 89 heavy (non-hydrogen) atoms. The maximum atomic E-state index is 15.7. The van der Waals surface area contributed by atoms with Gasteiger partial charge in [-0.3, -0.25) is 19.2 Å². The van der Waals surface area contributed by atoms with E-state index in [0.717, 1.165) is 12.5 Å². The lowest BCUT2D eigenvalue weighted by atomic mass is 9.33. The number of fused-ring (bicyclic) bond motifs is 7. The highest BCUT2D eigenvalue weighted by atomic mass is 16.8. The number of ether oxygens (including phenoxy) is 9. The molecule has 29 nitrogen and oxygen atoms in total. The standard InChI is InChI=1S/C60H94O29/c1-54(2)14-16-60(17-15-57(5)25(26(60)18-54)8-9-31-56(4)12-11-33(63)59(7,52(77)78)32(56)10-13-58(31,57)6)53(79)89-50-45(76)46(87-48-43(74)40(71)36(67)27(21-61)83-48)39(70)30(85-50)24-82-51-47(88-49-44(75)41(72)37(68)28(22-62)84-49)42(73)38(69)29(86-51)23-81-35(66)20-55(3,80)19-34(64)65/h8,26-33,36-51,61-63,67-76,80H,9-24H2,1-7H3,(H,64,65)(H,77,78)/t26-,27+,28+,29+,30+,31+,32+,33-,36+,37+,38+,39+,40-,41-,42-,43+,44+,45+,46-,47+,48-,49-,50-,51+,55?,56+,57+,58+,59-,60-/m0/s1. The summed E-state index contributed by atoms with van der Waals surface area (Å²) in [6.45, 7) is 10.0. The van der Waals surface area contributed by atoms with Crippen LogP contribution in [0.5, 0.6) is 0 Å². The molecule has 4 aliphatic heterocycles. The summed E-state index contributed by atoms with van der Waals surface area (Å²) in [6.07, 6.45) is -34.7. The number of carboxylic acids is 2. The first-order chi connectivity index (χ1) is 41.4. The fraction of sp³-hybridized carbons (Fsp3) is 0.900. The van der Waals surface area contributed by atoms with Crippen molar-refractivity contribution in [2.75, 3.05) is 26.4 Å². The summed E-state index contributed by atoms with van der Waals surface area (Å²) in [5.41, 5.74) is -5.24. The lowest BCUT2D eigenvalue weighted by Crippen LogP contribution is -2.67. The predicted molar refractivity (Wildman–Crippen MR) is 296 cm³/mol. The molecule has 0 aromatic carbocycles. The van der Waals surface area contributed by atoms with Crippen LogP contribution >= 0.6 is 0 Å². The number of carbonyl (C=O) groups excluding carboxylic acids is 2. The molecule has 9 rings (SSSR count). The van der Waals surface area contributed by atoms with Crippen LogP contribution < -0.4 is 0 Å². The summed E-state index contributed by atoms with van der Waals surface area (Å²) in [6, 6.07) is 0. The number of allylic oxidation sites excluding steroid dienone is 2. The first-order valence-electron chi connectivity index (χ1n) is 31.0. The van der Waals surface area contributed by atoms with Gasteiger partial charge in [-0.2, -0.15) is 0 Å². The van der Waals surface area contributed by atoms with E-state index in [2.05, 4.69) is 40.7 Å². The van der Waals surface area contributed by atoms with Gasteiger partial charge in [-0.15, -0.1) is 0 Å². The van der Waals surface area contributed by atoms with E-state index in [1.807, 2.05) is 0 Å². The molecule has 4 saturated carbocycles. The van der Waals surface area contributed by atoms with Gasteiger partial charge in [-0.1, -0.05) is 46.3 Å². The van der Waals surface area contributed by atoms with Crippen LogP contribution in [-0.2, 0) is 61.8 Å². The van der Waals surface area contributed by atoms with Gasteiger partial charge in [0.1, 0.15) is 104 Å². The first kappa shape index (κ1) is 70.1. The molecule has 9 aliphatic rings. The Labute approximate surface area is 514 Å². The van der Waals surface area contributed by atoms with Gasteiger partial charge in [-0.05, 0) is 117 Å². The van der Waals surface area contributed by atoms with Crippen LogP contribution in [0.2, 0.25) is 0 Å². The minimum absolute atomic E-state index is 0.0209. The lowest BCUT2D eigenvalue weighted by molar-refractivity contribution is -0.377. The van der Waals surface area contributed by atoms with Gasteiger partial charge in [0.2, 0.25) is 6.29 Å². The lowest BCUT2D eigenvalue weighted by Gasteiger charge is -2.71. The zero-order chi connectivity index (χ0) is 65.6. The van der Waals surface area contributed by atoms with Gasteiger partial charge in [0, 0.05) is 0 Å². The van der Waals surface area contributed by atoms with Gasteiger partial charge >= 0.3 is 23.9 Å². The Morgan fingerprint density at radius 1 is 0.584 bits per heavy atom. The molecular formula is C60H94O29. The van der Waals surface area contributed by atoms with E-state index in [4.69, 9.17) is 42.6 Å². The van der Waals surface area contributed by atoms with Crippen molar-refractivity contribution >= 4 is 23.9 Å².